The Kier molecular flexibility index (Phi) is 7.04. The summed E-state index contributed by atoms with van der Waals surface area (Å²) >= 11 is 0. The lowest BCUT2D eigenvalue weighted by molar-refractivity contribution is -0.139. The summed E-state index contributed by atoms with van der Waals surface area (Å²) in [5.74, 6) is 1.56. The SMILES string of the molecule is C#CCCCCNC(=O)CC(C)(C)CC(=O)O. The van der Waals surface area contributed by atoms with Crippen molar-refractivity contribution in [2.45, 2.75) is 46.0 Å². The molecule has 0 aromatic heterocycles. The first-order valence-electron chi connectivity index (χ1n) is 5.79. The lowest BCUT2D eigenvalue weighted by Crippen LogP contribution is -2.30. The van der Waals surface area contributed by atoms with E-state index in [1.165, 1.54) is 0 Å². The van der Waals surface area contributed by atoms with Gasteiger partial charge in [-0.05, 0) is 18.3 Å². The molecule has 4 heteroatoms. The number of hydrogen-bond acceptors (Lipinski definition) is 2. The molecule has 0 bridgehead atoms. The summed E-state index contributed by atoms with van der Waals surface area (Å²) in [6.07, 6.45) is 7.81. The van der Waals surface area contributed by atoms with Crippen LogP contribution in [0.1, 0.15) is 46.0 Å². The molecule has 0 heterocycles. The van der Waals surface area contributed by atoms with Crippen molar-refractivity contribution < 1.29 is 14.7 Å². The van der Waals surface area contributed by atoms with E-state index < -0.39 is 11.4 Å². The topological polar surface area (TPSA) is 66.4 Å². The van der Waals surface area contributed by atoms with Crippen molar-refractivity contribution in [3.8, 4) is 12.3 Å². The van der Waals surface area contributed by atoms with Crippen LogP contribution in [-0.2, 0) is 9.59 Å². The Morgan fingerprint density at radius 3 is 2.47 bits per heavy atom. The Morgan fingerprint density at radius 2 is 1.94 bits per heavy atom. The van der Waals surface area contributed by atoms with E-state index in [0.717, 1.165) is 19.3 Å². The molecule has 4 nitrogen and oxygen atoms in total. The van der Waals surface area contributed by atoms with Crippen LogP contribution in [0.3, 0.4) is 0 Å². The fraction of sp³-hybridized carbons (Fsp3) is 0.692. The zero-order chi connectivity index (χ0) is 13.3. The Bertz CT molecular complexity index is 302. The maximum absolute atomic E-state index is 11.5. The number of unbranched alkanes of at least 4 members (excludes halogenated alkanes) is 2. The molecule has 0 radical (unpaired) electrons. The first kappa shape index (κ1) is 15.5. The van der Waals surface area contributed by atoms with Crippen molar-refractivity contribution in [2.24, 2.45) is 5.41 Å². The minimum atomic E-state index is -0.878. The summed E-state index contributed by atoms with van der Waals surface area (Å²) < 4.78 is 0. The monoisotopic (exact) mass is 239 g/mol. The molecule has 0 rings (SSSR count). The van der Waals surface area contributed by atoms with Gasteiger partial charge in [0.25, 0.3) is 0 Å². The van der Waals surface area contributed by atoms with E-state index in [-0.39, 0.29) is 18.7 Å². The summed E-state index contributed by atoms with van der Waals surface area (Å²) in [6, 6.07) is 0. The van der Waals surface area contributed by atoms with Crippen molar-refractivity contribution in [3.63, 3.8) is 0 Å². The van der Waals surface area contributed by atoms with Gasteiger partial charge in [-0.1, -0.05) is 13.8 Å². The van der Waals surface area contributed by atoms with Crippen LogP contribution in [0, 0.1) is 17.8 Å². The number of terminal acetylenes is 1. The molecule has 0 aliphatic heterocycles. The van der Waals surface area contributed by atoms with Gasteiger partial charge in [-0.15, -0.1) is 12.3 Å². The van der Waals surface area contributed by atoms with E-state index in [9.17, 15) is 9.59 Å². The summed E-state index contributed by atoms with van der Waals surface area (Å²) in [5, 5.41) is 11.5. The number of carbonyl (C=O) groups excluding carboxylic acids is 1. The summed E-state index contributed by atoms with van der Waals surface area (Å²) in [6.45, 7) is 4.15. The minimum Gasteiger partial charge on any atom is -0.481 e. The highest BCUT2D eigenvalue weighted by Crippen LogP contribution is 2.24. The van der Waals surface area contributed by atoms with Crippen molar-refractivity contribution in [2.75, 3.05) is 6.54 Å². The van der Waals surface area contributed by atoms with Gasteiger partial charge < -0.3 is 10.4 Å². The second-order valence-corrected chi connectivity index (χ2v) is 4.92. The van der Waals surface area contributed by atoms with Crippen LogP contribution >= 0.6 is 0 Å². The number of carboxylic acids is 1. The average molecular weight is 239 g/mol. The number of rotatable bonds is 8. The van der Waals surface area contributed by atoms with Crippen LogP contribution in [0.25, 0.3) is 0 Å². The van der Waals surface area contributed by atoms with Crippen LogP contribution in [-0.4, -0.2) is 23.5 Å². The quantitative estimate of drug-likeness (QED) is 0.501. The highest BCUT2D eigenvalue weighted by molar-refractivity contribution is 5.77. The van der Waals surface area contributed by atoms with Gasteiger partial charge in [0.05, 0.1) is 6.42 Å². The Morgan fingerprint density at radius 1 is 1.29 bits per heavy atom. The molecule has 2 N–H and O–H groups in total. The van der Waals surface area contributed by atoms with Gasteiger partial charge in [0.1, 0.15) is 0 Å². The Labute approximate surface area is 103 Å². The van der Waals surface area contributed by atoms with Gasteiger partial charge in [0.2, 0.25) is 5.91 Å². The highest BCUT2D eigenvalue weighted by Gasteiger charge is 2.24. The van der Waals surface area contributed by atoms with Crippen LogP contribution in [0.2, 0.25) is 0 Å². The highest BCUT2D eigenvalue weighted by atomic mass is 16.4. The third kappa shape index (κ3) is 9.43. The van der Waals surface area contributed by atoms with Crippen LogP contribution in [0.5, 0.6) is 0 Å². The number of nitrogens with one attached hydrogen (secondary N) is 1. The van der Waals surface area contributed by atoms with E-state index in [1.54, 1.807) is 13.8 Å². The third-order valence-electron chi connectivity index (χ3n) is 2.34. The molecule has 0 fully saturated rings. The molecule has 0 unspecified atom stereocenters. The average Bonchev–Trinajstić information content (AvgIpc) is 2.14. The van der Waals surface area contributed by atoms with Crippen LogP contribution in [0.15, 0.2) is 0 Å². The second-order valence-electron chi connectivity index (χ2n) is 4.92. The fourth-order valence-electron chi connectivity index (χ4n) is 1.55. The molecule has 0 spiro atoms. The molecule has 1 amide bonds. The third-order valence-corrected chi connectivity index (χ3v) is 2.34. The molecule has 0 aliphatic carbocycles. The van der Waals surface area contributed by atoms with Gasteiger partial charge in [-0.3, -0.25) is 9.59 Å². The Hall–Kier alpha value is -1.50. The zero-order valence-corrected chi connectivity index (χ0v) is 10.6. The van der Waals surface area contributed by atoms with Gasteiger partial charge in [-0.2, -0.15) is 0 Å². The number of carbonyl (C=O) groups is 2. The molecule has 0 saturated carbocycles. The largest absolute Gasteiger partial charge is 0.481 e. The molecule has 17 heavy (non-hydrogen) atoms. The maximum Gasteiger partial charge on any atom is 0.303 e. The number of aliphatic carboxylic acids is 1. The van der Waals surface area contributed by atoms with Crippen molar-refractivity contribution in [3.05, 3.63) is 0 Å². The van der Waals surface area contributed by atoms with Crippen molar-refractivity contribution >= 4 is 11.9 Å². The zero-order valence-electron chi connectivity index (χ0n) is 10.6. The van der Waals surface area contributed by atoms with E-state index in [0.29, 0.717) is 6.54 Å². The van der Waals surface area contributed by atoms with E-state index >= 15 is 0 Å². The molecular weight excluding hydrogens is 218 g/mol. The first-order chi connectivity index (χ1) is 7.87. The van der Waals surface area contributed by atoms with Gasteiger partial charge in [-0.25, -0.2) is 0 Å². The molecule has 0 aromatic rings. The maximum atomic E-state index is 11.5. The van der Waals surface area contributed by atoms with Gasteiger partial charge >= 0.3 is 5.97 Å². The number of amides is 1. The van der Waals surface area contributed by atoms with Crippen LogP contribution < -0.4 is 5.32 Å². The predicted molar refractivity (Wildman–Crippen MR) is 66.3 cm³/mol. The molecule has 0 saturated heterocycles. The smallest absolute Gasteiger partial charge is 0.303 e. The minimum absolute atomic E-state index is 0.00247. The normalized spacial score (nSPS) is 10.6. The number of hydrogen-bond donors (Lipinski definition) is 2. The molecule has 0 aliphatic rings. The fourth-order valence-corrected chi connectivity index (χ4v) is 1.55. The number of carboxylic acid groups (broad SMARTS) is 1. The van der Waals surface area contributed by atoms with Crippen molar-refractivity contribution in [1.29, 1.82) is 0 Å². The summed E-state index contributed by atoms with van der Waals surface area (Å²) in [7, 11) is 0. The molecule has 0 atom stereocenters. The summed E-state index contributed by atoms with van der Waals surface area (Å²) in [5.41, 5.74) is -0.505. The Balaban J connectivity index is 3.78. The van der Waals surface area contributed by atoms with Crippen molar-refractivity contribution in [1.82, 2.24) is 5.32 Å². The van der Waals surface area contributed by atoms with E-state index in [2.05, 4.69) is 11.2 Å². The van der Waals surface area contributed by atoms with E-state index in [4.69, 9.17) is 11.5 Å². The van der Waals surface area contributed by atoms with Crippen LogP contribution in [0.4, 0.5) is 0 Å². The first-order valence-corrected chi connectivity index (χ1v) is 5.79. The summed E-state index contributed by atoms with van der Waals surface area (Å²) in [4.78, 5) is 22.1. The van der Waals surface area contributed by atoms with Gasteiger partial charge in [0.15, 0.2) is 0 Å². The molecule has 0 aromatic carbocycles. The predicted octanol–water partition coefficient (Wildman–Crippen LogP) is 1.80. The second kappa shape index (κ2) is 7.72. The lowest BCUT2D eigenvalue weighted by Gasteiger charge is -2.21. The molecular formula is C13H21NO3. The van der Waals surface area contributed by atoms with Gasteiger partial charge in [0, 0.05) is 19.4 Å². The standard InChI is InChI=1S/C13H21NO3/c1-4-5-6-7-8-14-11(15)9-13(2,3)10-12(16)17/h1H,5-10H2,2-3H3,(H,14,15)(H,16,17). The lowest BCUT2D eigenvalue weighted by atomic mass is 9.85. The van der Waals surface area contributed by atoms with E-state index in [1.807, 2.05) is 0 Å². The molecule has 96 valence electrons.